The van der Waals surface area contributed by atoms with Crippen LogP contribution >= 0.6 is 0 Å². The van der Waals surface area contributed by atoms with Gasteiger partial charge in [-0.05, 0) is 24.3 Å². The molecule has 44 heavy (non-hydrogen) atoms. The number of imide groups is 1. The van der Waals surface area contributed by atoms with Gasteiger partial charge < -0.3 is 9.57 Å². The Balaban J connectivity index is 1.52. The Hall–Kier alpha value is -5.01. The van der Waals surface area contributed by atoms with Gasteiger partial charge in [0.15, 0.2) is 5.75 Å². The first-order chi connectivity index (χ1) is 20.8. The molecule has 2 heterocycles. The molecule has 2 amide bonds. The van der Waals surface area contributed by atoms with Crippen LogP contribution in [0, 0.1) is 0 Å². The lowest BCUT2D eigenvalue weighted by molar-refractivity contribution is -0.645. The van der Waals surface area contributed by atoms with Crippen LogP contribution in [0.2, 0.25) is 0 Å². The largest absolute Gasteiger partial charge is 0.422 e. The number of esters is 1. The van der Waals surface area contributed by atoms with Gasteiger partial charge in [0.2, 0.25) is 11.0 Å². The number of hydrogen-bond acceptors (Lipinski definition) is 6. The lowest BCUT2D eigenvalue weighted by atomic mass is 10.0. The molecule has 1 saturated heterocycles. The molecule has 0 N–H and O–H groups in total. The van der Waals surface area contributed by atoms with Gasteiger partial charge in [-0.15, -0.1) is 5.06 Å². The van der Waals surface area contributed by atoms with Crippen molar-refractivity contribution in [1.82, 2.24) is 5.06 Å². The van der Waals surface area contributed by atoms with E-state index in [1.807, 2.05) is 0 Å². The van der Waals surface area contributed by atoms with Crippen molar-refractivity contribution in [3.63, 3.8) is 0 Å². The summed E-state index contributed by atoms with van der Waals surface area (Å²) in [6.45, 7) is 0.141. The fourth-order valence-electron chi connectivity index (χ4n) is 5.00. The molecule has 5 rings (SSSR count). The number of aryl methyl sites for hydroxylation is 1. The average molecular weight is 619 g/mol. The van der Waals surface area contributed by atoms with Crippen molar-refractivity contribution in [1.29, 1.82) is 0 Å². The highest BCUT2D eigenvalue weighted by Crippen LogP contribution is 2.44. The van der Waals surface area contributed by atoms with Crippen LogP contribution < -0.4 is 9.30 Å². The van der Waals surface area contributed by atoms with Crippen LogP contribution in [0.5, 0.6) is 5.75 Å². The zero-order valence-corrected chi connectivity index (χ0v) is 22.5. The number of aromatic nitrogens is 1. The Morgan fingerprint density at radius 3 is 1.75 bits per heavy atom. The highest BCUT2D eigenvalue weighted by Gasteiger charge is 2.43. The summed E-state index contributed by atoms with van der Waals surface area (Å²) in [5.41, 5.74) is -3.04. The number of pyridine rings is 1. The predicted molar refractivity (Wildman–Crippen MR) is 139 cm³/mol. The number of amides is 2. The molecular weight excluding hydrogens is 598 g/mol. The standard InChI is InChI=1S/C30H21F6N2O6/c31-29(32,33)19-9-5-10-20(30(34,35)36)27(19)43-28(42)26-17-7-1-3-11-21(17)37(22-12-4-2-8-18(22)26)16-6-13-25(41)44-38-23(39)14-15-24(38)40/h1-5,7-12H,6,13-16H2/q+1. The van der Waals surface area contributed by atoms with Crippen molar-refractivity contribution in [3.8, 4) is 5.75 Å². The van der Waals surface area contributed by atoms with E-state index in [0.29, 0.717) is 34.3 Å². The molecule has 0 bridgehead atoms. The van der Waals surface area contributed by atoms with Crippen molar-refractivity contribution in [2.75, 3.05) is 0 Å². The van der Waals surface area contributed by atoms with Gasteiger partial charge in [-0.3, -0.25) is 9.59 Å². The topological polar surface area (TPSA) is 93.9 Å². The molecule has 0 atom stereocenters. The van der Waals surface area contributed by atoms with Gasteiger partial charge in [-0.2, -0.15) is 30.9 Å². The monoisotopic (exact) mass is 619 g/mol. The molecule has 14 heteroatoms. The maximum Gasteiger partial charge on any atom is 0.420 e. The molecule has 1 aromatic heterocycles. The van der Waals surface area contributed by atoms with E-state index in [4.69, 9.17) is 9.57 Å². The number of carbonyl (C=O) groups excluding carboxylic acids is 4. The summed E-state index contributed by atoms with van der Waals surface area (Å²) in [6.07, 6.45) is -10.7. The number of halogens is 6. The number of benzene rings is 3. The van der Waals surface area contributed by atoms with Crippen LogP contribution in [0.25, 0.3) is 21.8 Å². The number of rotatable bonds is 7. The lowest BCUT2D eigenvalue weighted by Crippen LogP contribution is -2.37. The van der Waals surface area contributed by atoms with Crippen molar-refractivity contribution in [2.24, 2.45) is 0 Å². The van der Waals surface area contributed by atoms with Crippen LogP contribution in [-0.4, -0.2) is 28.8 Å². The third-order valence-electron chi connectivity index (χ3n) is 6.91. The van der Waals surface area contributed by atoms with Crippen LogP contribution in [0.4, 0.5) is 26.3 Å². The minimum Gasteiger partial charge on any atom is -0.422 e. The molecule has 1 fully saturated rings. The molecule has 0 radical (unpaired) electrons. The first-order valence-electron chi connectivity index (χ1n) is 13.2. The van der Waals surface area contributed by atoms with E-state index < -0.39 is 53.0 Å². The second-order valence-corrected chi connectivity index (χ2v) is 9.78. The van der Waals surface area contributed by atoms with Crippen molar-refractivity contribution >= 4 is 45.6 Å². The molecule has 228 valence electrons. The zero-order chi connectivity index (χ0) is 31.8. The second kappa shape index (κ2) is 11.6. The molecule has 8 nitrogen and oxygen atoms in total. The molecule has 1 aliphatic rings. The third-order valence-corrected chi connectivity index (χ3v) is 6.91. The molecule has 3 aromatic carbocycles. The summed E-state index contributed by atoms with van der Waals surface area (Å²) >= 11 is 0. The van der Waals surface area contributed by atoms with Gasteiger partial charge in [0.25, 0.3) is 11.8 Å². The molecule has 4 aromatic rings. The highest BCUT2D eigenvalue weighted by molar-refractivity contribution is 6.13. The van der Waals surface area contributed by atoms with Crippen molar-refractivity contribution < 1.29 is 59.7 Å². The number of hydroxylamine groups is 2. The van der Waals surface area contributed by atoms with Crippen LogP contribution in [0.1, 0.15) is 47.2 Å². The number of fused-ring (bicyclic) bond motifs is 2. The minimum atomic E-state index is -5.25. The first kappa shape index (κ1) is 30.4. The Kier molecular flexibility index (Phi) is 8.02. The summed E-state index contributed by atoms with van der Waals surface area (Å²) < 4.78 is 89.0. The van der Waals surface area contributed by atoms with Crippen molar-refractivity contribution in [3.05, 3.63) is 83.4 Å². The van der Waals surface area contributed by atoms with E-state index in [-0.39, 0.29) is 48.6 Å². The zero-order valence-electron chi connectivity index (χ0n) is 22.5. The molecule has 0 saturated carbocycles. The number of hydrogen-bond donors (Lipinski definition) is 0. The van der Waals surface area contributed by atoms with E-state index in [9.17, 15) is 45.5 Å². The fourth-order valence-corrected chi connectivity index (χ4v) is 5.00. The Morgan fingerprint density at radius 1 is 0.750 bits per heavy atom. The molecular formula is C30H21F6N2O6+. The molecule has 0 unspecified atom stereocenters. The van der Waals surface area contributed by atoms with Gasteiger partial charge in [-0.25, -0.2) is 9.59 Å². The number of alkyl halides is 6. The molecule has 0 aliphatic carbocycles. The summed E-state index contributed by atoms with van der Waals surface area (Å²) in [7, 11) is 0. The van der Waals surface area contributed by atoms with E-state index in [2.05, 4.69) is 0 Å². The summed E-state index contributed by atoms with van der Waals surface area (Å²) in [5, 5.41) is 0.775. The highest BCUT2D eigenvalue weighted by atomic mass is 19.4. The van der Waals surface area contributed by atoms with E-state index >= 15 is 0 Å². The predicted octanol–water partition coefficient (Wildman–Crippen LogP) is 5.92. The smallest absolute Gasteiger partial charge is 0.420 e. The van der Waals surface area contributed by atoms with Crippen LogP contribution in [-0.2, 0) is 38.1 Å². The van der Waals surface area contributed by atoms with Gasteiger partial charge >= 0.3 is 24.3 Å². The maximum absolute atomic E-state index is 13.7. The number of carbonyl (C=O) groups is 4. The van der Waals surface area contributed by atoms with Crippen molar-refractivity contribution in [2.45, 2.75) is 44.6 Å². The summed E-state index contributed by atoms with van der Waals surface area (Å²) in [6, 6.07) is 13.8. The van der Waals surface area contributed by atoms with E-state index in [0.717, 1.165) is 0 Å². The Labute approximate surface area is 244 Å². The normalized spacial score (nSPS) is 14.0. The van der Waals surface area contributed by atoms with E-state index in [1.54, 1.807) is 28.8 Å². The quantitative estimate of drug-likeness (QED) is 0.0637. The van der Waals surface area contributed by atoms with Crippen LogP contribution in [0.15, 0.2) is 66.7 Å². The Bertz CT molecular complexity index is 1710. The van der Waals surface area contributed by atoms with Gasteiger partial charge in [0, 0.05) is 31.4 Å². The number of nitrogens with zero attached hydrogens (tertiary/aromatic N) is 2. The van der Waals surface area contributed by atoms with Gasteiger partial charge in [0.1, 0.15) is 6.54 Å². The van der Waals surface area contributed by atoms with Gasteiger partial charge in [0.05, 0.1) is 33.9 Å². The Morgan fingerprint density at radius 2 is 1.25 bits per heavy atom. The van der Waals surface area contributed by atoms with E-state index in [1.165, 1.54) is 24.3 Å². The van der Waals surface area contributed by atoms with Gasteiger partial charge in [-0.1, -0.05) is 30.3 Å². The number of para-hydroxylation sites is 3. The number of ether oxygens (including phenoxy) is 1. The lowest BCUT2D eigenvalue weighted by Gasteiger charge is -2.18. The summed E-state index contributed by atoms with van der Waals surface area (Å²) in [5.74, 6) is -5.17. The third kappa shape index (κ3) is 5.92. The SMILES string of the molecule is O=C(CCC[n+]1c2ccccc2c(C(=O)Oc2c(C(F)(F)F)cccc2C(F)(F)F)c2ccccc21)ON1C(=O)CCC1=O. The maximum atomic E-state index is 13.7. The first-order valence-corrected chi connectivity index (χ1v) is 13.2. The second-order valence-electron chi connectivity index (χ2n) is 9.78. The van der Waals surface area contributed by atoms with Crippen LogP contribution in [0.3, 0.4) is 0 Å². The molecule has 0 spiro atoms. The summed E-state index contributed by atoms with van der Waals surface area (Å²) in [4.78, 5) is 54.2. The fraction of sp³-hybridized carbons (Fsp3) is 0.233. The molecule has 1 aliphatic heterocycles. The minimum absolute atomic E-state index is 0.0615. The average Bonchev–Trinajstić information content (AvgIpc) is 3.27.